The van der Waals surface area contributed by atoms with E-state index in [1.165, 1.54) is 41.0 Å². The number of rotatable bonds is 8. The molecule has 5 heteroatoms. The van der Waals surface area contributed by atoms with Gasteiger partial charge >= 0.3 is 5.97 Å². The number of carboxylic acid groups (broad SMARTS) is 1. The lowest BCUT2D eigenvalue weighted by atomic mass is 10.00. The molecule has 5 nitrogen and oxygen atoms in total. The molecule has 0 unspecified atom stereocenters. The summed E-state index contributed by atoms with van der Waals surface area (Å²) in [6.45, 7) is 5.25. The Balaban J connectivity index is 1.28. The summed E-state index contributed by atoms with van der Waals surface area (Å²) in [4.78, 5) is 27.9. The van der Waals surface area contributed by atoms with Crippen LogP contribution in [0.1, 0.15) is 50.2 Å². The van der Waals surface area contributed by atoms with E-state index in [1.54, 1.807) is 0 Å². The Hall–Kier alpha value is -2.66. The molecule has 0 saturated carbocycles. The molecular formula is C27H34N2O3. The fourth-order valence-electron chi connectivity index (χ4n) is 5.04. The molecule has 2 aliphatic heterocycles. The zero-order chi connectivity index (χ0) is 22.5. The maximum absolute atomic E-state index is 12.5. The molecular weight excluding hydrogens is 400 g/mol. The summed E-state index contributed by atoms with van der Waals surface area (Å²) in [5, 5.41) is 9.27. The van der Waals surface area contributed by atoms with Crippen LogP contribution < -0.4 is 0 Å². The van der Waals surface area contributed by atoms with E-state index < -0.39 is 12.0 Å². The molecule has 1 amide bonds. The Morgan fingerprint density at radius 2 is 1.47 bits per heavy atom. The van der Waals surface area contributed by atoms with E-state index in [9.17, 15) is 14.7 Å². The van der Waals surface area contributed by atoms with Gasteiger partial charge < -0.3 is 14.9 Å². The molecule has 0 aliphatic carbocycles. The maximum Gasteiger partial charge on any atom is 0.326 e. The van der Waals surface area contributed by atoms with Crippen molar-refractivity contribution < 1.29 is 14.7 Å². The van der Waals surface area contributed by atoms with Gasteiger partial charge in [-0.3, -0.25) is 4.79 Å². The number of hydrogen-bond donors (Lipinski definition) is 1. The number of carbonyl (C=O) groups excluding carboxylic acids is 1. The first kappa shape index (κ1) is 22.5. The van der Waals surface area contributed by atoms with Crippen molar-refractivity contribution >= 4 is 11.9 Å². The van der Waals surface area contributed by atoms with Gasteiger partial charge in [-0.05, 0) is 74.2 Å². The quantitative estimate of drug-likeness (QED) is 0.669. The predicted octanol–water partition coefficient (Wildman–Crippen LogP) is 4.39. The number of likely N-dealkylation sites (tertiary alicyclic amines) is 2. The highest BCUT2D eigenvalue weighted by Crippen LogP contribution is 2.23. The van der Waals surface area contributed by atoms with Crippen LogP contribution in [0, 0.1) is 0 Å². The van der Waals surface area contributed by atoms with Gasteiger partial charge in [-0.15, -0.1) is 0 Å². The van der Waals surface area contributed by atoms with Crippen molar-refractivity contribution in [2.75, 3.05) is 19.6 Å². The highest BCUT2D eigenvalue weighted by Gasteiger charge is 2.33. The number of benzene rings is 2. The van der Waals surface area contributed by atoms with Gasteiger partial charge in [0.1, 0.15) is 6.04 Å². The Labute approximate surface area is 191 Å². The minimum absolute atomic E-state index is 0.0575. The van der Waals surface area contributed by atoms with Crippen molar-refractivity contribution in [3.8, 4) is 11.1 Å². The van der Waals surface area contributed by atoms with Crippen molar-refractivity contribution in [3.63, 3.8) is 0 Å². The SMILES string of the molecule is C[C@@H]1CCCN1CCc1ccc(-c2ccc(CCC(=O)N3CCC[C@H]3C(=O)O)cc2)cc1. The molecule has 2 fully saturated rings. The number of hydrogen-bond acceptors (Lipinski definition) is 3. The van der Waals surface area contributed by atoms with Crippen molar-refractivity contribution in [1.82, 2.24) is 9.80 Å². The van der Waals surface area contributed by atoms with E-state index in [-0.39, 0.29) is 5.91 Å². The molecule has 2 heterocycles. The molecule has 0 radical (unpaired) electrons. The Morgan fingerprint density at radius 1 is 0.875 bits per heavy atom. The lowest BCUT2D eigenvalue weighted by molar-refractivity contribution is -0.148. The second-order valence-electron chi connectivity index (χ2n) is 9.25. The zero-order valence-corrected chi connectivity index (χ0v) is 19.0. The van der Waals surface area contributed by atoms with Gasteiger partial charge in [0.25, 0.3) is 0 Å². The average Bonchev–Trinajstić information content (AvgIpc) is 3.46. The summed E-state index contributed by atoms with van der Waals surface area (Å²) < 4.78 is 0. The molecule has 2 aromatic rings. The van der Waals surface area contributed by atoms with E-state index in [2.05, 4.69) is 60.4 Å². The van der Waals surface area contributed by atoms with Crippen LogP contribution in [0.3, 0.4) is 0 Å². The number of aryl methyl sites for hydroxylation is 1. The Morgan fingerprint density at radius 3 is 2.03 bits per heavy atom. The van der Waals surface area contributed by atoms with Gasteiger partial charge in [-0.1, -0.05) is 48.5 Å². The number of carbonyl (C=O) groups is 2. The molecule has 1 N–H and O–H groups in total. The molecule has 2 saturated heterocycles. The molecule has 0 spiro atoms. The minimum Gasteiger partial charge on any atom is -0.480 e. The maximum atomic E-state index is 12.5. The number of amides is 1. The van der Waals surface area contributed by atoms with Gasteiger partial charge in [0.15, 0.2) is 0 Å². The number of aliphatic carboxylic acids is 1. The number of nitrogens with zero attached hydrogens (tertiary/aromatic N) is 2. The van der Waals surface area contributed by atoms with Crippen LogP contribution in [0.2, 0.25) is 0 Å². The number of carboxylic acids is 1. The van der Waals surface area contributed by atoms with Crippen LogP contribution in [-0.2, 0) is 22.4 Å². The zero-order valence-electron chi connectivity index (χ0n) is 19.0. The third-order valence-electron chi connectivity index (χ3n) is 7.11. The largest absolute Gasteiger partial charge is 0.480 e. The standard InChI is InChI=1S/C27H34N2O3/c1-20-4-2-17-28(20)19-16-22-8-13-24(14-9-22)23-11-6-21(7-12-23)10-15-26(30)29-18-3-5-25(29)27(31)32/h6-9,11-14,20,25H,2-5,10,15-19H2,1H3,(H,31,32)/t20-,25+/m1/s1. The van der Waals surface area contributed by atoms with Gasteiger partial charge in [-0.2, -0.15) is 0 Å². The van der Waals surface area contributed by atoms with Gasteiger partial charge in [0.05, 0.1) is 0 Å². The van der Waals surface area contributed by atoms with Crippen LogP contribution in [0.15, 0.2) is 48.5 Å². The van der Waals surface area contributed by atoms with Crippen molar-refractivity contribution in [2.24, 2.45) is 0 Å². The Kier molecular flexibility index (Phi) is 7.26. The van der Waals surface area contributed by atoms with Crippen molar-refractivity contribution in [3.05, 3.63) is 59.7 Å². The molecule has 2 aliphatic rings. The average molecular weight is 435 g/mol. The highest BCUT2D eigenvalue weighted by atomic mass is 16.4. The van der Waals surface area contributed by atoms with E-state index in [4.69, 9.17) is 0 Å². The first-order valence-electron chi connectivity index (χ1n) is 12.0. The Bertz CT molecular complexity index is 923. The summed E-state index contributed by atoms with van der Waals surface area (Å²) in [5.74, 6) is -0.949. The highest BCUT2D eigenvalue weighted by molar-refractivity contribution is 5.84. The fourth-order valence-corrected chi connectivity index (χ4v) is 5.04. The molecule has 4 rings (SSSR count). The van der Waals surface area contributed by atoms with E-state index in [0.717, 1.165) is 31.0 Å². The first-order chi connectivity index (χ1) is 15.5. The predicted molar refractivity (Wildman–Crippen MR) is 127 cm³/mol. The van der Waals surface area contributed by atoms with Crippen molar-refractivity contribution in [2.45, 2.75) is 64.0 Å². The third kappa shape index (κ3) is 5.39. The topological polar surface area (TPSA) is 60.9 Å². The summed E-state index contributed by atoms with van der Waals surface area (Å²) in [5.41, 5.74) is 4.85. The van der Waals surface area contributed by atoms with Gasteiger partial charge in [0.2, 0.25) is 5.91 Å². The van der Waals surface area contributed by atoms with E-state index in [1.807, 2.05) is 0 Å². The lowest BCUT2D eigenvalue weighted by Gasteiger charge is -2.21. The van der Waals surface area contributed by atoms with E-state index in [0.29, 0.717) is 25.8 Å². The van der Waals surface area contributed by atoms with Crippen LogP contribution in [0.25, 0.3) is 11.1 Å². The smallest absolute Gasteiger partial charge is 0.326 e. The normalized spacial score (nSPS) is 21.2. The second-order valence-corrected chi connectivity index (χ2v) is 9.25. The summed E-state index contributed by atoms with van der Waals surface area (Å²) in [6, 6.07) is 17.3. The lowest BCUT2D eigenvalue weighted by Crippen LogP contribution is -2.40. The monoisotopic (exact) mass is 434 g/mol. The summed E-state index contributed by atoms with van der Waals surface area (Å²) in [6.07, 6.45) is 6.07. The minimum atomic E-state index is -0.892. The van der Waals surface area contributed by atoms with Crippen LogP contribution in [0.5, 0.6) is 0 Å². The fraction of sp³-hybridized carbons (Fsp3) is 0.481. The second kappa shape index (κ2) is 10.3. The molecule has 0 aromatic heterocycles. The summed E-state index contributed by atoms with van der Waals surface area (Å²) in [7, 11) is 0. The molecule has 170 valence electrons. The van der Waals surface area contributed by atoms with Crippen LogP contribution >= 0.6 is 0 Å². The summed E-state index contributed by atoms with van der Waals surface area (Å²) >= 11 is 0. The molecule has 0 bridgehead atoms. The molecule has 2 atom stereocenters. The van der Waals surface area contributed by atoms with Gasteiger partial charge in [-0.25, -0.2) is 4.79 Å². The van der Waals surface area contributed by atoms with Crippen molar-refractivity contribution in [1.29, 1.82) is 0 Å². The first-order valence-corrected chi connectivity index (χ1v) is 12.0. The third-order valence-corrected chi connectivity index (χ3v) is 7.11. The van der Waals surface area contributed by atoms with Crippen LogP contribution in [0.4, 0.5) is 0 Å². The molecule has 2 aromatic carbocycles. The van der Waals surface area contributed by atoms with E-state index >= 15 is 0 Å². The van der Waals surface area contributed by atoms with Crippen LogP contribution in [-0.4, -0.2) is 58.5 Å². The molecule has 32 heavy (non-hydrogen) atoms. The van der Waals surface area contributed by atoms with Gasteiger partial charge in [0, 0.05) is 25.6 Å².